The maximum Gasteiger partial charge on any atom is 0.261 e. The zero-order valence-electron chi connectivity index (χ0n) is 18.6. The number of piperazine rings is 1. The van der Waals surface area contributed by atoms with E-state index in [-0.39, 0.29) is 16.5 Å². The van der Waals surface area contributed by atoms with E-state index in [1.807, 2.05) is 0 Å². The lowest BCUT2D eigenvalue weighted by Gasteiger charge is -2.32. The number of unbranched alkanes of at least 4 members (excludes halogenated alkanes) is 1. The van der Waals surface area contributed by atoms with Crippen LogP contribution in [0.2, 0.25) is 0 Å². The molecule has 0 atom stereocenters. The van der Waals surface area contributed by atoms with Gasteiger partial charge in [-0.3, -0.25) is 9.52 Å². The average Bonchev–Trinajstić information content (AvgIpc) is 2.76. The zero-order valence-corrected chi connectivity index (χ0v) is 19.4. The molecule has 1 aliphatic heterocycles. The number of hydrogen-bond donors (Lipinski definition) is 2. The Hall–Kier alpha value is -2.49. The number of amides is 1. The number of benzene rings is 2. The number of anilines is 1. The number of carbonyl (C=O) groups is 1. The van der Waals surface area contributed by atoms with Crippen molar-refractivity contribution in [2.75, 3.05) is 51.0 Å². The average molecular weight is 463 g/mol. The fraction of sp³-hybridized carbons (Fsp3) is 0.435. The van der Waals surface area contributed by atoms with Crippen LogP contribution in [0.4, 0.5) is 10.1 Å². The standard InChI is InChI=1S/C23H31FN4O3S/c1-18-5-10-21(32(30,31)26-20-8-6-19(24)7-9-20)17-22(18)23(29)25-11-3-4-12-28-15-13-27(2)14-16-28/h5-10,17,26H,3-4,11-16H2,1-2H3,(H,25,29). The second-order valence-corrected chi connectivity index (χ2v) is 9.88. The van der Waals surface area contributed by atoms with Crippen LogP contribution in [-0.4, -0.2) is 70.4 Å². The summed E-state index contributed by atoms with van der Waals surface area (Å²) in [5.74, 6) is -0.744. The van der Waals surface area contributed by atoms with Crippen molar-refractivity contribution in [3.8, 4) is 0 Å². The normalized spacial score (nSPS) is 15.5. The molecular weight excluding hydrogens is 431 g/mol. The molecule has 0 spiro atoms. The topological polar surface area (TPSA) is 81.7 Å². The van der Waals surface area contributed by atoms with Crippen LogP contribution >= 0.6 is 0 Å². The predicted octanol–water partition coefficient (Wildman–Crippen LogP) is 2.69. The van der Waals surface area contributed by atoms with Gasteiger partial charge < -0.3 is 15.1 Å². The molecule has 1 aliphatic rings. The molecule has 0 bridgehead atoms. The molecule has 0 radical (unpaired) electrons. The van der Waals surface area contributed by atoms with Crippen molar-refractivity contribution in [1.82, 2.24) is 15.1 Å². The van der Waals surface area contributed by atoms with E-state index >= 15 is 0 Å². The second-order valence-electron chi connectivity index (χ2n) is 8.20. The first kappa shape index (κ1) is 24.2. The smallest absolute Gasteiger partial charge is 0.261 e. The fourth-order valence-electron chi connectivity index (χ4n) is 3.57. The van der Waals surface area contributed by atoms with Crippen molar-refractivity contribution < 1.29 is 17.6 Å². The Morgan fingerprint density at radius 1 is 1.03 bits per heavy atom. The molecule has 3 rings (SSSR count). The summed E-state index contributed by atoms with van der Waals surface area (Å²) in [4.78, 5) is 17.4. The van der Waals surface area contributed by atoms with Gasteiger partial charge in [-0.15, -0.1) is 0 Å². The summed E-state index contributed by atoms with van der Waals surface area (Å²) in [5.41, 5.74) is 1.27. The molecule has 0 aliphatic carbocycles. The number of nitrogens with zero attached hydrogens (tertiary/aromatic N) is 2. The molecule has 1 fully saturated rings. The largest absolute Gasteiger partial charge is 0.352 e. The minimum Gasteiger partial charge on any atom is -0.352 e. The molecule has 1 amide bonds. The van der Waals surface area contributed by atoms with Crippen LogP contribution in [0.5, 0.6) is 0 Å². The number of halogens is 1. The number of hydrogen-bond acceptors (Lipinski definition) is 5. The Labute approximate surface area is 189 Å². The third-order valence-corrected chi connectivity index (χ3v) is 7.02. The Morgan fingerprint density at radius 2 is 1.72 bits per heavy atom. The van der Waals surface area contributed by atoms with E-state index in [4.69, 9.17) is 0 Å². The van der Waals surface area contributed by atoms with Gasteiger partial charge in [0.25, 0.3) is 15.9 Å². The van der Waals surface area contributed by atoms with Gasteiger partial charge in [-0.05, 0) is 75.3 Å². The molecule has 7 nitrogen and oxygen atoms in total. The summed E-state index contributed by atoms with van der Waals surface area (Å²) in [5, 5.41) is 2.90. The minimum absolute atomic E-state index is 0.0207. The number of carbonyl (C=O) groups excluding carboxylic acids is 1. The monoisotopic (exact) mass is 462 g/mol. The molecule has 2 aromatic rings. The number of aryl methyl sites for hydroxylation is 1. The molecule has 1 heterocycles. The maximum absolute atomic E-state index is 13.1. The van der Waals surface area contributed by atoms with Gasteiger partial charge in [0.1, 0.15) is 5.82 Å². The molecule has 1 saturated heterocycles. The molecular formula is C23H31FN4O3S. The quantitative estimate of drug-likeness (QED) is 0.560. The third-order valence-electron chi connectivity index (χ3n) is 5.64. The Bertz CT molecular complexity index is 1020. The summed E-state index contributed by atoms with van der Waals surface area (Å²) < 4.78 is 40.9. The lowest BCUT2D eigenvalue weighted by molar-refractivity contribution is 0.0951. The van der Waals surface area contributed by atoms with E-state index in [9.17, 15) is 17.6 Å². The Balaban J connectivity index is 1.53. The van der Waals surface area contributed by atoms with E-state index in [2.05, 4.69) is 26.9 Å². The van der Waals surface area contributed by atoms with Crippen LogP contribution in [0, 0.1) is 12.7 Å². The van der Waals surface area contributed by atoms with Crippen LogP contribution in [0.25, 0.3) is 0 Å². The maximum atomic E-state index is 13.1. The van der Waals surface area contributed by atoms with Crippen LogP contribution in [0.15, 0.2) is 47.4 Å². The SMILES string of the molecule is Cc1ccc(S(=O)(=O)Nc2ccc(F)cc2)cc1C(=O)NCCCCN1CCN(C)CC1. The zero-order chi connectivity index (χ0) is 23.1. The van der Waals surface area contributed by atoms with E-state index in [1.165, 1.54) is 36.4 Å². The highest BCUT2D eigenvalue weighted by Crippen LogP contribution is 2.19. The number of rotatable bonds is 9. The molecule has 174 valence electrons. The van der Waals surface area contributed by atoms with Gasteiger partial charge in [0.05, 0.1) is 4.90 Å². The van der Waals surface area contributed by atoms with E-state index < -0.39 is 15.8 Å². The van der Waals surface area contributed by atoms with E-state index in [0.29, 0.717) is 17.7 Å². The van der Waals surface area contributed by atoms with Crippen molar-refractivity contribution >= 4 is 21.6 Å². The summed E-state index contributed by atoms with van der Waals surface area (Å²) >= 11 is 0. The van der Waals surface area contributed by atoms with Crippen molar-refractivity contribution in [2.45, 2.75) is 24.7 Å². The van der Waals surface area contributed by atoms with Gasteiger partial charge in [-0.2, -0.15) is 0 Å². The molecule has 2 N–H and O–H groups in total. The first-order valence-corrected chi connectivity index (χ1v) is 12.3. The highest BCUT2D eigenvalue weighted by molar-refractivity contribution is 7.92. The van der Waals surface area contributed by atoms with Crippen molar-refractivity contribution in [3.63, 3.8) is 0 Å². The summed E-state index contributed by atoms with van der Waals surface area (Å²) in [7, 11) is -1.77. The van der Waals surface area contributed by atoms with Crippen molar-refractivity contribution in [1.29, 1.82) is 0 Å². The van der Waals surface area contributed by atoms with Gasteiger partial charge in [0, 0.05) is 44.0 Å². The third kappa shape index (κ3) is 6.75. The molecule has 2 aromatic carbocycles. The molecule has 0 unspecified atom stereocenters. The van der Waals surface area contributed by atoms with Crippen LogP contribution < -0.4 is 10.0 Å². The summed E-state index contributed by atoms with van der Waals surface area (Å²) in [6, 6.07) is 9.48. The molecule has 9 heteroatoms. The lowest BCUT2D eigenvalue weighted by Crippen LogP contribution is -2.44. The van der Waals surface area contributed by atoms with Gasteiger partial charge in [0.15, 0.2) is 0 Å². The Kier molecular flexibility index (Phi) is 8.22. The molecule has 0 aromatic heterocycles. The number of sulfonamides is 1. The number of nitrogens with one attached hydrogen (secondary N) is 2. The van der Waals surface area contributed by atoms with E-state index in [0.717, 1.165) is 45.6 Å². The second kappa shape index (κ2) is 10.9. The first-order chi connectivity index (χ1) is 15.2. The van der Waals surface area contributed by atoms with Gasteiger partial charge >= 0.3 is 0 Å². The van der Waals surface area contributed by atoms with Crippen molar-refractivity contribution in [2.24, 2.45) is 0 Å². The lowest BCUT2D eigenvalue weighted by atomic mass is 10.1. The summed E-state index contributed by atoms with van der Waals surface area (Å²) in [6.07, 6.45) is 1.86. The van der Waals surface area contributed by atoms with Crippen LogP contribution in [-0.2, 0) is 10.0 Å². The first-order valence-electron chi connectivity index (χ1n) is 10.8. The minimum atomic E-state index is -3.91. The number of likely N-dealkylation sites (N-methyl/N-ethyl adjacent to an activating group) is 1. The van der Waals surface area contributed by atoms with Crippen LogP contribution in [0.3, 0.4) is 0 Å². The van der Waals surface area contributed by atoms with Crippen LogP contribution in [0.1, 0.15) is 28.8 Å². The Morgan fingerprint density at radius 3 is 2.41 bits per heavy atom. The van der Waals surface area contributed by atoms with Crippen molar-refractivity contribution in [3.05, 3.63) is 59.4 Å². The highest BCUT2D eigenvalue weighted by Gasteiger charge is 2.18. The summed E-state index contributed by atoms with van der Waals surface area (Å²) in [6.45, 7) is 7.66. The van der Waals surface area contributed by atoms with Gasteiger partial charge in [-0.1, -0.05) is 6.07 Å². The predicted molar refractivity (Wildman–Crippen MR) is 124 cm³/mol. The van der Waals surface area contributed by atoms with Gasteiger partial charge in [0.2, 0.25) is 0 Å². The van der Waals surface area contributed by atoms with Gasteiger partial charge in [-0.25, -0.2) is 12.8 Å². The molecule has 32 heavy (non-hydrogen) atoms. The van der Waals surface area contributed by atoms with E-state index in [1.54, 1.807) is 13.0 Å². The highest BCUT2D eigenvalue weighted by atomic mass is 32.2. The fourth-order valence-corrected chi connectivity index (χ4v) is 4.66. The molecule has 0 saturated carbocycles.